The van der Waals surface area contributed by atoms with Crippen LogP contribution in [0.4, 0.5) is 0 Å². The molecule has 1 radical (unpaired) electrons. The molecule has 1 heterocycles. The molecule has 1 aromatic rings. The molecule has 1 aliphatic rings. The Labute approximate surface area is 72.3 Å². The smallest absolute Gasteiger partial charge is 0.124 e. The van der Waals surface area contributed by atoms with Crippen molar-refractivity contribution in [3.8, 4) is 5.75 Å². The zero-order valence-electron chi connectivity index (χ0n) is 7.08. The highest BCUT2D eigenvalue weighted by Gasteiger charge is 2.24. The Morgan fingerprint density at radius 2 is 2.17 bits per heavy atom. The third-order valence-electron chi connectivity index (χ3n) is 2.32. The normalized spacial score (nSPS) is 27.5. The molecule has 2 rings (SSSR count). The molecule has 1 aliphatic heterocycles. The van der Waals surface area contributed by atoms with Gasteiger partial charge in [0.1, 0.15) is 5.75 Å². The van der Waals surface area contributed by atoms with Gasteiger partial charge in [-0.05, 0) is 6.07 Å². The van der Waals surface area contributed by atoms with Crippen LogP contribution in [0.3, 0.4) is 0 Å². The molecule has 0 amide bonds. The SMILES string of the molecule is C[C@H]1COc2ccccc2[C@H]1[NH]. The maximum absolute atomic E-state index is 7.88. The second-order valence-corrected chi connectivity index (χ2v) is 3.30. The van der Waals surface area contributed by atoms with Gasteiger partial charge in [-0.15, -0.1) is 0 Å². The number of fused-ring (bicyclic) bond motifs is 1. The van der Waals surface area contributed by atoms with Crippen LogP contribution in [0.1, 0.15) is 18.5 Å². The zero-order valence-corrected chi connectivity index (χ0v) is 7.08. The maximum Gasteiger partial charge on any atom is 0.124 e. The van der Waals surface area contributed by atoms with Gasteiger partial charge in [-0.1, -0.05) is 25.1 Å². The van der Waals surface area contributed by atoms with E-state index < -0.39 is 0 Å². The summed E-state index contributed by atoms with van der Waals surface area (Å²) in [6.45, 7) is 2.72. The van der Waals surface area contributed by atoms with Gasteiger partial charge in [-0.3, -0.25) is 0 Å². The minimum Gasteiger partial charge on any atom is -0.493 e. The molecule has 1 aromatic carbocycles. The van der Waals surface area contributed by atoms with Crippen LogP contribution in [0.15, 0.2) is 24.3 Å². The molecule has 0 spiro atoms. The highest BCUT2D eigenvalue weighted by molar-refractivity contribution is 5.37. The Morgan fingerprint density at radius 3 is 3.00 bits per heavy atom. The molecule has 0 aliphatic carbocycles. The van der Waals surface area contributed by atoms with Crippen molar-refractivity contribution in [2.45, 2.75) is 13.0 Å². The quantitative estimate of drug-likeness (QED) is 0.574. The second kappa shape index (κ2) is 2.79. The lowest BCUT2D eigenvalue weighted by Gasteiger charge is -2.27. The first-order valence-corrected chi connectivity index (χ1v) is 4.22. The fourth-order valence-corrected chi connectivity index (χ4v) is 1.49. The van der Waals surface area contributed by atoms with Crippen LogP contribution in [0.25, 0.3) is 0 Å². The average molecular weight is 162 g/mol. The Bertz CT molecular complexity index is 285. The molecule has 2 heteroatoms. The largest absolute Gasteiger partial charge is 0.493 e. The number of rotatable bonds is 0. The summed E-state index contributed by atoms with van der Waals surface area (Å²) in [5.74, 6) is 1.19. The van der Waals surface area contributed by atoms with E-state index in [0.717, 1.165) is 11.3 Å². The highest BCUT2D eigenvalue weighted by Crippen LogP contribution is 2.33. The fourth-order valence-electron chi connectivity index (χ4n) is 1.49. The number of nitrogens with one attached hydrogen (secondary N) is 1. The summed E-state index contributed by atoms with van der Waals surface area (Å²) in [5.41, 5.74) is 8.90. The molecular formula is C10H12NO. The standard InChI is InChI=1S/C10H12NO/c1-7-6-12-9-5-3-2-4-8(9)10(7)11/h2-5,7,10-11H,6H2,1H3/t7-,10-/m0/s1. The predicted octanol–water partition coefficient (Wildman–Crippen LogP) is 2.04. The van der Waals surface area contributed by atoms with Crippen molar-refractivity contribution in [3.63, 3.8) is 0 Å². The van der Waals surface area contributed by atoms with E-state index in [0.29, 0.717) is 12.5 Å². The number of hydrogen-bond donors (Lipinski definition) is 0. The van der Waals surface area contributed by atoms with E-state index in [9.17, 15) is 0 Å². The molecule has 0 unspecified atom stereocenters. The highest BCUT2D eigenvalue weighted by atomic mass is 16.5. The third-order valence-corrected chi connectivity index (χ3v) is 2.32. The van der Waals surface area contributed by atoms with Gasteiger partial charge >= 0.3 is 0 Å². The lowest BCUT2D eigenvalue weighted by Crippen LogP contribution is -2.24. The van der Waals surface area contributed by atoms with Crippen LogP contribution in [0, 0.1) is 5.92 Å². The van der Waals surface area contributed by atoms with Gasteiger partial charge in [-0.25, -0.2) is 5.73 Å². The molecule has 63 valence electrons. The van der Waals surface area contributed by atoms with E-state index in [1.165, 1.54) is 0 Å². The van der Waals surface area contributed by atoms with Crippen LogP contribution in [0.5, 0.6) is 5.75 Å². The Hall–Kier alpha value is -1.02. The summed E-state index contributed by atoms with van der Waals surface area (Å²) < 4.78 is 5.49. The summed E-state index contributed by atoms with van der Waals surface area (Å²) in [5, 5.41) is 0. The molecule has 0 bridgehead atoms. The van der Waals surface area contributed by atoms with Crippen molar-refractivity contribution in [2.24, 2.45) is 5.92 Å². The van der Waals surface area contributed by atoms with E-state index in [1.807, 2.05) is 31.2 Å². The van der Waals surface area contributed by atoms with Crippen molar-refractivity contribution in [3.05, 3.63) is 29.8 Å². The predicted molar refractivity (Wildman–Crippen MR) is 46.9 cm³/mol. The third kappa shape index (κ3) is 1.08. The minimum atomic E-state index is -0.116. The van der Waals surface area contributed by atoms with Gasteiger partial charge in [0.2, 0.25) is 0 Å². The topological polar surface area (TPSA) is 33.0 Å². The molecule has 0 saturated carbocycles. The Balaban J connectivity index is 2.42. The lowest BCUT2D eigenvalue weighted by molar-refractivity contribution is 0.204. The van der Waals surface area contributed by atoms with Crippen LogP contribution >= 0.6 is 0 Å². The zero-order chi connectivity index (χ0) is 8.55. The summed E-state index contributed by atoms with van der Waals surface area (Å²) in [6, 6.07) is 7.70. The summed E-state index contributed by atoms with van der Waals surface area (Å²) in [7, 11) is 0. The number of para-hydroxylation sites is 1. The van der Waals surface area contributed by atoms with E-state index >= 15 is 0 Å². The van der Waals surface area contributed by atoms with Crippen LogP contribution in [-0.2, 0) is 0 Å². The van der Waals surface area contributed by atoms with E-state index in [1.54, 1.807) is 0 Å². The van der Waals surface area contributed by atoms with Gasteiger partial charge in [0.15, 0.2) is 0 Å². The van der Waals surface area contributed by atoms with Gasteiger partial charge < -0.3 is 4.74 Å². The van der Waals surface area contributed by atoms with Gasteiger partial charge in [0.25, 0.3) is 0 Å². The molecule has 0 aromatic heterocycles. The molecular weight excluding hydrogens is 150 g/mol. The average Bonchev–Trinajstić information content (AvgIpc) is 2.12. The molecule has 0 saturated heterocycles. The van der Waals surface area contributed by atoms with Crippen molar-refractivity contribution < 1.29 is 4.74 Å². The van der Waals surface area contributed by atoms with Crippen LogP contribution in [0.2, 0.25) is 0 Å². The van der Waals surface area contributed by atoms with E-state index in [4.69, 9.17) is 10.5 Å². The first kappa shape index (κ1) is 7.62. The Morgan fingerprint density at radius 1 is 1.42 bits per heavy atom. The number of benzene rings is 1. The van der Waals surface area contributed by atoms with Crippen molar-refractivity contribution >= 4 is 0 Å². The van der Waals surface area contributed by atoms with E-state index in [-0.39, 0.29) is 6.04 Å². The van der Waals surface area contributed by atoms with Gasteiger partial charge in [-0.2, -0.15) is 0 Å². The molecule has 0 fully saturated rings. The molecule has 2 nitrogen and oxygen atoms in total. The summed E-state index contributed by atoms with van der Waals surface area (Å²) in [4.78, 5) is 0. The first-order chi connectivity index (χ1) is 5.79. The number of hydrogen-bond acceptors (Lipinski definition) is 1. The number of ether oxygens (including phenoxy) is 1. The maximum atomic E-state index is 7.88. The van der Waals surface area contributed by atoms with Crippen LogP contribution < -0.4 is 10.5 Å². The van der Waals surface area contributed by atoms with Crippen molar-refractivity contribution in [1.82, 2.24) is 5.73 Å². The van der Waals surface area contributed by atoms with E-state index in [2.05, 4.69) is 0 Å². The van der Waals surface area contributed by atoms with Crippen LogP contribution in [-0.4, -0.2) is 6.61 Å². The first-order valence-electron chi connectivity index (χ1n) is 4.22. The van der Waals surface area contributed by atoms with Gasteiger partial charge in [0.05, 0.1) is 12.6 Å². The second-order valence-electron chi connectivity index (χ2n) is 3.30. The summed E-state index contributed by atoms with van der Waals surface area (Å²) in [6.07, 6.45) is 0. The molecule has 1 N–H and O–H groups in total. The Kier molecular flexibility index (Phi) is 1.77. The van der Waals surface area contributed by atoms with Crippen molar-refractivity contribution in [2.75, 3.05) is 6.61 Å². The monoisotopic (exact) mass is 162 g/mol. The van der Waals surface area contributed by atoms with Crippen molar-refractivity contribution in [1.29, 1.82) is 0 Å². The lowest BCUT2D eigenvalue weighted by atomic mass is 9.93. The summed E-state index contributed by atoms with van der Waals surface area (Å²) >= 11 is 0. The minimum absolute atomic E-state index is 0.116. The molecule has 12 heavy (non-hydrogen) atoms. The fraction of sp³-hybridized carbons (Fsp3) is 0.400. The molecule has 2 atom stereocenters. The van der Waals surface area contributed by atoms with Gasteiger partial charge in [0, 0.05) is 11.5 Å².